The molecule has 0 aromatic heterocycles. The highest BCUT2D eigenvalue weighted by Crippen LogP contribution is 2.13. The fourth-order valence-electron chi connectivity index (χ4n) is 6.54. The molecule has 0 radical (unpaired) electrons. The summed E-state index contributed by atoms with van der Waals surface area (Å²) in [4.78, 5) is 0. The Morgan fingerprint density at radius 2 is 0.535 bits per heavy atom. The average Bonchev–Trinajstić information content (AvgIpc) is 3.04. The molecule has 0 amide bonds. The lowest BCUT2D eigenvalue weighted by Gasteiger charge is -2.19. The lowest BCUT2D eigenvalue weighted by molar-refractivity contribution is 0.607. The third-order valence-electron chi connectivity index (χ3n) is 9.40. The fourth-order valence-corrected chi connectivity index (χ4v) is 9.42. The van der Waals surface area contributed by atoms with Gasteiger partial charge in [-0.3, -0.25) is 0 Å². The highest BCUT2D eigenvalue weighted by atomic mass is 28.3. The summed E-state index contributed by atoms with van der Waals surface area (Å²) in [6.45, 7) is 6.90. The van der Waals surface area contributed by atoms with Crippen LogP contribution in [0.15, 0.2) is 72.8 Å². The summed E-state index contributed by atoms with van der Waals surface area (Å²) in [5.41, 5.74) is 4.53. The van der Waals surface area contributed by atoms with Crippen molar-refractivity contribution in [3.8, 4) is 0 Å². The zero-order valence-electron chi connectivity index (χ0n) is 28.4. The van der Waals surface area contributed by atoms with Crippen molar-refractivity contribution in [3.63, 3.8) is 0 Å². The van der Waals surface area contributed by atoms with Gasteiger partial charge in [-0.05, 0) is 55.2 Å². The van der Waals surface area contributed by atoms with Gasteiger partial charge in [-0.15, -0.1) is 0 Å². The fraction of sp³-hybridized carbons (Fsp3) is 0.571. The van der Waals surface area contributed by atoms with E-state index in [1.165, 1.54) is 152 Å². The lowest BCUT2D eigenvalue weighted by atomic mass is 10.1. The van der Waals surface area contributed by atoms with E-state index in [2.05, 4.69) is 93.6 Å². The quantitative estimate of drug-likeness (QED) is 0.0548. The lowest BCUT2D eigenvalue weighted by Crippen LogP contribution is -2.52. The maximum atomic E-state index is 2.47. The van der Waals surface area contributed by atoms with Crippen molar-refractivity contribution >= 4 is 24.4 Å². The predicted octanol–water partition coefficient (Wildman–Crippen LogP) is 10.6. The van der Waals surface area contributed by atoms with Gasteiger partial charge in [-0.1, -0.05) is 205 Å². The van der Waals surface area contributed by atoms with Crippen molar-refractivity contribution in [1.29, 1.82) is 0 Å². The summed E-state index contributed by atoms with van der Waals surface area (Å²) in [7, 11) is -1.51. The van der Waals surface area contributed by atoms with Crippen molar-refractivity contribution < 1.29 is 0 Å². The summed E-state index contributed by atoms with van der Waals surface area (Å²) in [6, 6.07) is 29.4. The Hall–Kier alpha value is -2.12. The Kier molecular flexibility index (Phi) is 18.4. The Balaban J connectivity index is 1.66. The molecule has 3 aromatic rings. The largest absolute Gasteiger partial charge is 0.132 e. The van der Waals surface area contributed by atoms with Crippen molar-refractivity contribution in [2.45, 2.75) is 156 Å². The summed E-state index contributed by atoms with van der Waals surface area (Å²) in [5, 5.41) is 4.66. The van der Waals surface area contributed by atoms with E-state index in [0.29, 0.717) is 0 Å². The molecule has 0 unspecified atom stereocenters. The molecular formula is C42H64Si. The van der Waals surface area contributed by atoms with Crippen LogP contribution in [0.4, 0.5) is 0 Å². The van der Waals surface area contributed by atoms with Gasteiger partial charge in [0.05, 0.1) is 0 Å². The molecule has 0 aliphatic carbocycles. The molecule has 0 heterocycles. The maximum Gasteiger partial charge on any atom is 0.132 e. The van der Waals surface area contributed by atoms with Crippen LogP contribution in [0.1, 0.15) is 153 Å². The Labute approximate surface area is 268 Å². The van der Waals surface area contributed by atoms with Crippen LogP contribution >= 0.6 is 0 Å². The van der Waals surface area contributed by atoms with Crippen molar-refractivity contribution in [2.75, 3.05) is 0 Å². The molecule has 0 bridgehead atoms. The first kappa shape index (κ1) is 35.4. The SMILES string of the molecule is CCCCCCCCc1ccc([SiH](c2ccc(CCCCCCCC)cc2)c2ccc(CCCCCCCC)cc2)cc1. The maximum absolute atomic E-state index is 2.47. The normalized spacial score (nSPS) is 11.4. The van der Waals surface area contributed by atoms with Gasteiger partial charge >= 0.3 is 0 Å². The van der Waals surface area contributed by atoms with Crippen LogP contribution in [-0.2, 0) is 19.3 Å². The minimum atomic E-state index is -1.51. The molecule has 0 atom stereocenters. The molecular weight excluding hydrogens is 533 g/mol. The number of benzene rings is 3. The Morgan fingerprint density at radius 1 is 0.302 bits per heavy atom. The molecule has 0 aliphatic rings. The standard InChI is InChI=1S/C42H64Si/c1-4-7-10-13-16-19-22-37-25-31-40(32-26-37)43(41-33-27-38(28-34-41)23-20-17-14-11-8-5-2)42-35-29-39(30-36-42)24-21-18-15-12-9-6-3/h25-36,43H,4-24H2,1-3H3. The minimum absolute atomic E-state index is 1.22. The molecule has 0 saturated carbocycles. The van der Waals surface area contributed by atoms with Crippen LogP contribution in [0.2, 0.25) is 0 Å². The summed E-state index contributed by atoms with van der Waals surface area (Å²) >= 11 is 0. The first-order chi connectivity index (χ1) is 21.2. The predicted molar refractivity (Wildman–Crippen MR) is 197 cm³/mol. The zero-order chi connectivity index (χ0) is 30.4. The van der Waals surface area contributed by atoms with Crippen LogP contribution in [0.25, 0.3) is 0 Å². The molecule has 0 aliphatic heterocycles. The number of rotatable bonds is 24. The van der Waals surface area contributed by atoms with E-state index >= 15 is 0 Å². The second kappa shape index (κ2) is 22.4. The molecule has 0 spiro atoms. The molecule has 0 fully saturated rings. The average molecular weight is 597 g/mol. The van der Waals surface area contributed by atoms with Crippen molar-refractivity contribution in [3.05, 3.63) is 89.5 Å². The van der Waals surface area contributed by atoms with Gasteiger partial charge in [0.25, 0.3) is 0 Å². The van der Waals surface area contributed by atoms with E-state index in [1.807, 2.05) is 0 Å². The molecule has 0 nitrogen and oxygen atoms in total. The van der Waals surface area contributed by atoms with Gasteiger partial charge in [-0.25, -0.2) is 0 Å². The monoisotopic (exact) mass is 596 g/mol. The molecule has 0 saturated heterocycles. The minimum Gasteiger partial charge on any atom is -0.0654 e. The first-order valence-corrected chi connectivity index (χ1v) is 20.2. The van der Waals surface area contributed by atoms with E-state index in [0.717, 1.165) is 0 Å². The van der Waals surface area contributed by atoms with Gasteiger partial charge < -0.3 is 0 Å². The van der Waals surface area contributed by atoms with Crippen LogP contribution in [0.5, 0.6) is 0 Å². The summed E-state index contributed by atoms with van der Waals surface area (Å²) in [5.74, 6) is 0. The number of unbranched alkanes of at least 4 members (excludes halogenated alkanes) is 15. The second-order valence-corrected chi connectivity index (χ2v) is 16.1. The zero-order valence-corrected chi connectivity index (χ0v) is 29.5. The molecule has 3 aromatic carbocycles. The van der Waals surface area contributed by atoms with Crippen molar-refractivity contribution in [1.82, 2.24) is 0 Å². The number of aryl methyl sites for hydroxylation is 3. The number of hydrogen-bond acceptors (Lipinski definition) is 0. The molecule has 3 rings (SSSR count). The van der Waals surface area contributed by atoms with Gasteiger partial charge in [0.15, 0.2) is 0 Å². The van der Waals surface area contributed by atoms with Gasteiger partial charge in [-0.2, -0.15) is 0 Å². The Morgan fingerprint density at radius 3 is 0.791 bits per heavy atom. The van der Waals surface area contributed by atoms with Crippen LogP contribution < -0.4 is 15.6 Å². The third-order valence-corrected chi connectivity index (χ3v) is 12.6. The summed E-state index contributed by atoms with van der Waals surface area (Å²) < 4.78 is 0. The summed E-state index contributed by atoms with van der Waals surface area (Å²) in [6.07, 6.45) is 28.3. The van der Waals surface area contributed by atoms with E-state index in [9.17, 15) is 0 Å². The van der Waals surface area contributed by atoms with Gasteiger partial charge in [0.1, 0.15) is 8.80 Å². The van der Waals surface area contributed by atoms with Crippen molar-refractivity contribution in [2.24, 2.45) is 0 Å². The smallest absolute Gasteiger partial charge is 0.0654 e. The Bertz CT molecular complexity index is 922. The van der Waals surface area contributed by atoms with Crippen LogP contribution in [0, 0.1) is 0 Å². The molecule has 43 heavy (non-hydrogen) atoms. The highest BCUT2D eigenvalue weighted by molar-refractivity contribution is 6.95. The molecule has 0 N–H and O–H groups in total. The van der Waals surface area contributed by atoms with E-state index in [-0.39, 0.29) is 0 Å². The van der Waals surface area contributed by atoms with Crippen LogP contribution in [-0.4, -0.2) is 8.80 Å². The third kappa shape index (κ3) is 14.0. The number of hydrogen-bond donors (Lipinski definition) is 0. The van der Waals surface area contributed by atoms with Crippen LogP contribution in [0.3, 0.4) is 0 Å². The topological polar surface area (TPSA) is 0 Å². The van der Waals surface area contributed by atoms with E-state index < -0.39 is 8.80 Å². The molecule has 236 valence electrons. The van der Waals surface area contributed by atoms with E-state index in [4.69, 9.17) is 0 Å². The van der Waals surface area contributed by atoms with Gasteiger partial charge in [0, 0.05) is 0 Å². The highest BCUT2D eigenvalue weighted by Gasteiger charge is 2.19. The van der Waals surface area contributed by atoms with E-state index in [1.54, 1.807) is 15.6 Å². The first-order valence-electron chi connectivity index (χ1n) is 18.5. The van der Waals surface area contributed by atoms with Gasteiger partial charge in [0.2, 0.25) is 0 Å². The second-order valence-electron chi connectivity index (χ2n) is 13.2. The molecule has 1 heteroatoms.